The Kier molecular flexibility index (Phi) is 6.09. The molecule has 2 rings (SSSR count). The van der Waals surface area contributed by atoms with Gasteiger partial charge in [-0.2, -0.15) is 0 Å². The zero-order chi connectivity index (χ0) is 13.2. The fraction of sp³-hybridized carbons (Fsp3) is 0.929. The lowest BCUT2D eigenvalue weighted by Crippen LogP contribution is -2.50. The number of hydrogen-bond donors (Lipinski definition) is 2. The molecule has 3 atom stereocenters. The molecule has 3 unspecified atom stereocenters. The monoisotopic (exact) mass is 290 g/mol. The molecule has 0 aromatic carbocycles. The van der Waals surface area contributed by atoms with Crippen LogP contribution in [0.15, 0.2) is 0 Å². The van der Waals surface area contributed by atoms with Crippen molar-refractivity contribution < 1.29 is 9.53 Å². The Bertz CT molecular complexity index is 298. The van der Waals surface area contributed by atoms with Gasteiger partial charge in [-0.25, -0.2) is 0 Å². The fourth-order valence-electron chi connectivity index (χ4n) is 2.74. The highest BCUT2D eigenvalue weighted by Crippen LogP contribution is 2.29. The van der Waals surface area contributed by atoms with E-state index in [0.717, 1.165) is 38.8 Å². The lowest BCUT2D eigenvalue weighted by molar-refractivity contribution is -0.125. The summed E-state index contributed by atoms with van der Waals surface area (Å²) < 4.78 is 5.81. The van der Waals surface area contributed by atoms with Gasteiger partial charge >= 0.3 is 0 Å². The molecule has 2 heterocycles. The third-order valence-corrected chi connectivity index (χ3v) is 3.97. The number of carbonyl (C=O) groups is 1. The van der Waals surface area contributed by atoms with Crippen LogP contribution in [0.2, 0.25) is 0 Å². The van der Waals surface area contributed by atoms with Crippen LogP contribution in [0.25, 0.3) is 0 Å². The quantitative estimate of drug-likeness (QED) is 0.816. The topological polar surface area (TPSA) is 50.4 Å². The molecule has 5 heteroatoms. The van der Waals surface area contributed by atoms with E-state index >= 15 is 0 Å². The van der Waals surface area contributed by atoms with E-state index in [4.69, 9.17) is 4.74 Å². The first-order chi connectivity index (χ1) is 8.47. The van der Waals surface area contributed by atoms with Crippen molar-refractivity contribution in [3.8, 4) is 0 Å². The highest BCUT2D eigenvalue weighted by atomic mass is 35.5. The van der Waals surface area contributed by atoms with Crippen molar-refractivity contribution in [3.63, 3.8) is 0 Å². The molecule has 0 bridgehead atoms. The molecular weight excluding hydrogens is 264 g/mol. The van der Waals surface area contributed by atoms with E-state index in [1.165, 1.54) is 0 Å². The summed E-state index contributed by atoms with van der Waals surface area (Å²) in [5.41, 5.74) is 0.148. The van der Waals surface area contributed by atoms with Crippen LogP contribution in [-0.2, 0) is 9.53 Å². The number of carbonyl (C=O) groups excluding carboxylic acids is 1. The van der Waals surface area contributed by atoms with Gasteiger partial charge < -0.3 is 15.4 Å². The van der Waals surface area contributed by atoms with E-state index in [1.807, 2.05) is 0 Å². The molecule has 19 heavy (non-hydrogen) atoms. The Morgan fingerprint density at radius 1 is 1.32 bits per heavy atom. The molecule has 0 saturated carbocycles. The summed E-state index contributed by atoms with van der Waals surface area (Å²) in [6.07, 6.45) is 4.19. The molecule has 0 aromatic rings. The molecule has 2 N–H and O–H groups in total. The summed E-state index contributed by atoms with van der Waals surface area (Å²) in [6.45, 7) is 8.31. The van der Waals surface area contributed by atoms with Crippen molar-refractivity contribution in [1.82, 2.24) is 10.6 Å². The maximum absolute atomic E-state index is 12.1. The van der Waals surface area contributed by atoms with Gasteiger partial charge in [0.05, 0.1) is 12.1 Å². The fourth-order valence-corrected chi connectivity index (χ4v) is 2.74. The molecule has 0 aromatic heterocycles. The van der Waals surface area contributed by atoms with E-state index in [1.54, 1.807) is 0 Å². The third kappa shape index (κ3) is 4.62. The molecule has 4 nitrogen and oxygen atoms in total. The Labute approximate surface area is 122 Å². The zero-order valence-corrected chi connectivity index (χ0v) is 13.0. The smallest absolute Gasteiger partial charge is 0.237 e. The predicted octanol–water partition coefficient (Wildman–Crippen LogP) is 1.87. The molecule has 112 valence electrons. The first-order valence-corrected chi connectivity index (χ1v) is 7.12. The maximum Gasteiger partial charge on any atom is 0.237 e. The van der Waals surface area contributed by atoms with Crippen molar-refractivity contribution in [2.75, 3.05) is 13.2 Å². The summed E-state index contributed by atoms with van der Waals surface area (Å²) in [5.74, 6) is 0.173. The summed E-state index contributed by atoms with van der Waals surface area (Å²) in [7, 11) is 0. The Hall–Kier alpha value is -0.320. The van der Waals surface area contributed by atoms with Crippen LogP contribution in [0, 0.1) is 5.41 Å². The second kappa shape index (κ2) is 6.91. The van der Waals surface area contributed by atoms with Gasteiger partial charge in [0, 0.05) is 12.6 Å². The number of rotatable bonds is 2. The SMILES string of the molecule is CC(C)(C)C1CC(NC(=O)C2CCCN2)CCO1.Cl. The predicted molar refractivity (Wildman–Crippen MR) is 78.6 cm³/mol. The van der Waals surface area contributed by atoms with Crippen molar-refractivity contribution in [3.05, 3.63) is 0 Å². The lowest BCUT2D eigenvalue weighted by atomic mass is 9.83. The lowest BCUT2D eigenvalue weighted by Gasteiger charge is -2.38. The maximum atomic E-state index is 12.1. The van der Waals surface area contributed by atoms with Crippen LogP contribution < -0.4 is 10.6 Å². The standard InChI is InChI=1S/C14H26N2O2.ClH/c1-14(2,3)12-9-10(6-8-18-12)16-13(17)11-5-4-7-15-11;/h10-12,15H,4-9H2,1-3H3,(H,16,17);1H. The van der Waals surface area contributed by atoms with Gasteiger partial charge in [0.2, 0.25) is 5.91 Å². The number of ether oxygens (including phenoxy) is 1. The van der Waals surface area contributed by atoms with Crippen molar-refractivity contribution >= 4 is 18.3 Å². The Balaban J connectivity index is 0.00000180. The Morgan fingerprint density at radius 2 is 2.05 bits per heavy atom. The first-order valence-electron chi connectivity index (χ1n) is 7.12. The minimum atomic E-state index is 0. The molecule has 1 amide bonds. The number of hydrogen-bond acceptors (Lipinski definition) is 3. The number of amides is 1. The molecule has 2 aliphatic rings. The molecule has 2 fully saturated rings. The highest BCUT2D eigenvalue weighted by molar-refractivity contribution is 5.85. The second-order valence-corrected chi connectivity index (χ2v) is 6.60. The van der Waals surface area contributed by atoms with Crippen LogP contribution in [0.4, 0.5) is 0 Å². The van der Waals surface area contributed by atoms with Crippen molar-refractivity contribution in [2.24, 2.45) is 5.41 Å². The minimum Gasteiger partial charge on any atom is -0.378 e. The molecule has 0 radical (unpaired) electrons. The minimum absolute atomic E-state index is 0. The van der Waals surface area contributed by atoms with Gasteiger partial charge in [-0.05, 0) is 37.6 Å². The Morgan fingerprint density at radius 3 is 2.63 bits per heavy atom. The van der Waals surface area contributed by atoms with E-state index in [-0.39, 0.29) is 41.9 Å². The van der Waals surface area contributed by atoms with E-state index in [2.05, 4.69) is 31.4 Å². The summed E-state index contributed by atoms with van der Waals surface area (Å²) >= 11 is 0. The van der Waals surface area contributed by atoms with Gasteiger partial charge in [-0.15, -0.1) is 12.4 Å². The van der Waals surface area contributed by atoms with Gasteiger partial charge in [0.25, 0.3) is 0 Å². The normalized spacial score (nSPS) is 31.6. The van der Waals surface area contributed by atoms with Crippen LogP contribution >= 0.6 is 12.4 Å². The summed E-state index contributed by atoms with van der Waals surface area (Å²) in [4.78, 5) is 12.1. The average Bonchev–Trinajstić information content (AvgIpc) is 2.81. The summed E-state index contributed by atoms with van der Waals surface area (Å²) in [5, 5.41) is 6.43. The molecule has 2 saturated heterocycles. The number of halogens is 1. The van der Waals surface area contributed by atoms with Crippen LogP contribution in [0.3, 0.4) is 0 Å². The first kappa shape index (κ1) is 16.7. The van der Waals surface area contributed by atoms with E-state index in [0.29, 0.717) is 0 Å². The average molecular weight is 291 g/mol. The molecule has 0 spiro atoms. The van der Waals surface area contributed by atoms with Crippen molar-refractivity contribution in [1.29, 1.82) is 0 Å². The van der Waals surface area contributed by atoms with E-state index in [9.17, 15) is 4.79 Å². The third-order valence-electron chi connectivity index (χ3n) is 3.97. The van der Waals surface area contributed by atoms with Gasteiger partial charge in [-0.3, -0.25) is 4.79 Å². The molecule has 2 aliphatic heterocycles. The molecule has 0 aliphatic carbocycles. The van der Waals surface area contributed by atoms with Crippen molar-refractivity contribution in [2.45, 2.75) is 64.6 Å². The van der Waals surface area contributed by atoms with Gasteiger partial charge in [0.1, 0.15) is 0 Å². The number of nitrogens with one attached hydrogen (secondary N) is 2. The van der Waals surface area contributed by atoms with Crippen LogP contribution in [0.5, 0.6) is 0 Å². The second-order valence-electron chi connectivity index (χ2n) is 6.60. The zero-order valence-electron chi connectivity index (χ0n) is 12.2. The van der Waals surface area contributed by atoms with Crippen LogP contribution in [-0.4, -0.2) is 37.2 Å². The summed E-state index contributed by atoms with van der Waals surface area (Å²) in [6, 6.07) is 0.304. The van der Waals surface area contributed by atoms with Crippen LogP contribution in [0.1, 0.15) is 46.5 Å². The van der Waals surface area contributed by atoms with Gasteiger partial charge in [0.15, 0.2) is 0 Å². The largest absolute Gasteiger partial charge is 0.378 e. The van der Waals surface area contributed by atoms with E-state index < -0.39 is 0 Å². The highest BCUT2D eigenvalue weighted by Gasteiger charge is 2.33. The molecular formula is C14H27ClN2O2. The van der Waals surface area contributed by atoms with Gasteiger partial charge in [-0.1, -0.05) is 20.8 Å².